The first-order chi connectivity index (χ1) is 14.5. The van der Waals surface area contributed by atoms with Crippen LogP contribution in [-0.4, -0.2) is 49.0 Å². The maximum Gasteiger partial charge on any atom is 0.229 e. The van der Waals surface area contributed by atoms with Gasteiger partial charge in [0.2, 0.25) is 5.91 Å². The molecule has 1 N–H and O–H groups in total. The highest BCUT2D eigenvalue weighted by atomic mass is 32.1. The number of carbonyl (C=O) groups is 1. The Hall–Kier alpha value is -2.70. The Labute approximate surface area is 182 Å². The van der Waals surface area contributed by atoms with Crippen molar-refractivity contribution in [1.29, 1.82) is 0 Å². The highest BCUT2D eigenvalue weighted by Gasteiger charge is 2.16. The van der Waals surface area contributed by atoms with Crippen molar-refractivity contribution in [2.45, 2.75) is 20.3 Å². The van der Waals surface area contributed by atoms with Gasteiger partial charge in [0.05, 0.1) is 17.1 Å². The van der Waals surface area contributed by atoms with Crippen molar-refractivity contribution in [2.75, 3.05) is 43.4 Å². The lowest BCUT2D eigenvalue weighted by molar-refractivity contribution is -0.115. The molecule has 0 bridgehead atoms. The van der Waals surface area contributed by atoms with E-state index in [2.05, 4.69) is 70.5 Å². The summed E-state index contributed by atoms with van der Waals surface area (Å²) in [5, 5.41) is 4.01. The molecule has 1 saturated heterocycles. The van der Waals surface area contributed by atoms with Gasteiger partial charge in [0.25, 0.3) is 0 Å². The van der Waals surface area contributed by atoms with Gasteiger partial charge in [-0.25, -0.2) is 4.98 Å². The van der Waals surface area contributed by atoms with E-state index in [0.717, 1.165) is 53.0 Å². The van der Waals surface area contributed by atoms with Crippen LogP contribution in [0.4, 0.5) is 11.4 Å². The fourth-order valence-corrected chi connectivity index (χ4v) is 4.65. The Morgan fingerprint density at radius 2 is 1.67 bits per heavy atom. The van der Waals surface area contributed by atoms with Crippen LogP contribution in [-0.2, 0) is 11.2 Å². The molecule has 5 nitrogen and oxygen atoms in total. The number of benzene rings is 2. The number of hydrogen-bond acceptors (Lipinski definition) is 5. The van der Waals surface area contributed by atoms with Crippen molar-refractivity contribution in [3.63, 3.8) is 0 Å². The van der Waals surface area contributed by atoms with Crippen LogP contribution in [0, 0.1) is 13.8 Å². The minimum absolute atomic E-state index is 0.0145. The zero-order valence-corrected chi connectivity index (χ0v) is 18.6. The smallest absolute Gasteiger partial charge is 0.229 e. The minimum Gasteiger partial charge on any atom is -0.369 e. The molecule has 0 unspecified atom stereocenters. The van der Waals surface area contributed by atoms with Crippen molar-refractivity contribution in [3.8, 4) is 11.3 Å². The molecule has 0 spiro atoms. The lowest BCUT2D eigenvalue weighted by Crippen LogP contribution is -2.44. The maximum atomic E-state index is 12.7. The number of aromatic nitrogens is 1. The average Bonchev–Trinajstić information content (AvgIpc) is 3.09. The highest BCUT2D eigenvalue weighted by molar-refractivity contribution is 7.12. The summed E-state index contributed by atoms with van der Waals surface area (Å²) in [5.74, 6) is -0.0145. The Bertz CT molecular complexity index is 1000. The molecule has 30 heavy (non-hydrogen) atoms. The number of likely N-dealkylation sites (N-methyl/N-ethyl adjacent to an activating group) is 1. The van der Waals surface area contributed by atoms with Crippen LogP contribution in [0.1, 0.15) is 15.4 Å². The van der Waals surface area contributed by atoms with Crippen LogP contribution < -0.4 is 10.2 Å². The number of amides is 1. The molecule has 0 radical (unpaired) electrons. The van der Waals surface area contributed by atoms with Crippen LogP contribution in [0.15, 0.2) is 48.5 Å². The topological polar surface area (TPSA) is 48.5 Å². The molecular weight excluding hydrogens is 392 g/mol. The first-order valence-electron chi connectivity index (χ1n) is 10.3. The molecule has 1 aliphatic heterocycles. The summed E-state index contributed by atoms with van der Waals surface area (Å²) in [6.07, 6.45) is 0.328. The fourth-order valence-electron chi connectivity index (χ4n) is 3.70. The van der Waals surface area contributed by atoms with Crippen LogP contribution in [0.2, 0.25) is 0 Å². The molecule has 3 aromatic rings. The van der Waals surface area contributed by atoms with Crippen molar-refractivity contribution < 1.29 is 4.79 Å². The summed E-state index contributed by atoms with van der Waals surface area (Å²) in [7, 11) is 2.16. The van der Waals surface area contributed by atoms with Crippen molar-refractivity contribution in [2.24, 2.45) is 0 Å². The largest absolute Gasteiger partial charge is 0.369 e. The highest BCUT2D eigenvalue weighted by Crippen LogP contribution is 2.29. The van der Waals surface area contributed by atoms with Gasteiger partial charge in [0, 0.05) is 48.0 Å². The van der Waals surface area contributed by atoms with Crippen molar-refractivity contribution >= 4 is 28.6 Å². The summed E-state index contributed by atoms with van der Waals surface area (Å²) >= 11 is 1.59. The quantitative estimate of drug-likeness (QED) is 0.666. The number of nitrogens with zero attached hydrogens (tertiary/aromatic N) is 3. The summed E-state index contributed by atoms with van der Waals surface area (Å²) in [5.41, 5.74) is 5.23. The van der Waals surface area contributed by atoms with Gasteiger partial charge < -0.3 is 15.1 Å². The number of aryl methyl sites for hydroxylation is 2. The van der Waals surface area contributed by atoms with E-state index >= 15 is 0 Å². The Morgan fingerprint density at radius 3 is 2.33 bits per heavy atom. The van der Waals surface area contributed by atoms with Gasteiger partial charge in [-0.05, 0) is 45.2 Å². The van der Waals surface area contributed by atoms with Crippen molar-refractivity contribution in [3.05, 3.63) is 64.0 Å². The van der Waals surface area contributed by atoms with Crippen LogP contribution in [0.3, 0.4) is 0 Å². The first kappa shape index (κ1) is 20.6. The molecule has 0 atom stereocenters. The third-order valence-electron chi connectivity index (χ3n) is 5.47. The van der Waals surface area contributed by atoms with Crippen LogP contribution >= 0.6 is 11.3 Å². The minimum atomic E-state index is -0.0145. The first-order valence-corrected chi connectivity index (χ1v) is 11.2. The van der Waals surface area contributed by atoms with Gasteiger partial charge in [0.1, 0.15) is 0 Å². The van der Waals surface area contributed by atoms with E-state index in [1.165, 1.54) is 11.3 Å². The second-order valence-corrected chi connectivity index (χ2v) is 9.22. The maximum absolute atomic E-state index is 12.7. The number of anilines is 2. The normalized spacial score (nSPS) is 14.7. The molecule has 6 heteroatoms. The van der Waals surface area contributed by atoms with Gasteiger partial charge >= 0.3 is 0 Å². The third kappa shape index (κ3) is 4.89. The molecule has 2 aromatic carbocycles. The standard InChI is InChI=1S/C24H28N4OS/c1-17-4-6-19(7-5-17)24-22(30-18(2)25-24)16-23(29)26-20-8-10-21(11-9-20)28-14-12-27(3)13-15-28/h4-11H,12-16H2,1-3H3,(H,26,29). The molecule has 1 aromatic heterocycles. The Morgan fingerprint density at radius 1 is 1.00 bits per heavy atom. The summed E-state index contributed by atoms with van der Waals surface area (Å²) in [4.78, 5) is 23.1. The van der Waals surface area contributed by atoms with Crippen LogP contribution in [0.25, 0.3) is 11.3 Å². The molecule has 4 rings (SSSR count). The van der Waals surface area contributed by atoms with Gasteiger partial charge in [-0.1, -0.05) is 29.8 Å². The molecule has 0 saturated carbocycles. The SMILES string of the molecule is Cc1ccc(-c2nc(C)sc2CC(=O)Nc2ccc(N3CCN(C)CC3)cc2)cc1. The third-order valence-corrected chi connectivity index (χ3v) is 6.44. The number of nitrogens with one attached hydrogen (secondary N) is 1. The van der Waals surface area contributed by atoms with Gasteiger partial charge in [-0.3, -0.25) is 4.79 Å². The van der Waals surface area contributed by atoms with E-state index in [-0.39, 0.29) is 5.91 Å². The molecule has 1 aliphatic rings. The lowest BCUT2D eigenvalue weighted by atomic mass is 10.1. The van der Waals surface area contributed by atoms with Gasteiger partial charge in [0.15, 0.2) is 0 Å². The monoisotopic (exact) mass is 420 g/mol. The zero-order valence-electron chi connectivity index (χ0n) is 17.8. The Kier molecular flexibility index (Phi) is 6.16. The average molecular weight is 421 g/mol. The van der Waals surface area contributed by atoms with E-state index in [0.29, 0.717) is 6.42 Å². The van der Waals surface area contributed by atoms with Gasteiger partial charge in [-0.15, -0.1) is 11.3 Å². The molecule has 0 aliphatic carbocycles. The fraction of sp³-hybridized carbons (Fsp3) is 0.333. The van der Waals surface area contributed by atoms with E-state index in [4.69, 9.17) is 0 Å². The number of piperazine rings is 1. The lowest BCUT2D eigenvalue weighted by Gasteiger charge is -2.34. The predicted molar refractivity (Wildman–Crippen MR) is 126 cm³/mol. The predicted octanol–water partition coefficient (Wildman–Crippen LogP) is 4.36. The number of rotatable bonds is 5. The van der Waals surface area contributed by atoms with Gasteiger partial charge in [-0.2, -0.15) is 0 Å². The van der Waals surface area contributed by atoms with E-state index < -0.39 is 0 Å². The summed E-state index contributed by atoms with van der Waals surface area (Å²) in [6, 6.07) is 16.5. The second kappa shape index (κ2) is 8.98. The van der Waals surface area contributed by atoms with Crippen molar-refractivity contribution in [1.82, 2.24) is 9.88 Å². The number of thiazole rings is 1. The molecule has 1 fully saturated rings. The molecule has 156 valence electrons. The molecule has 2 heterocycles. The molecular formula is C24H28N4OS. The summed E-state index contributed by atoms with van der Waals surface area (Å²) < 4.78 is 0. The summed E-state index contributed by atoms with van der Waals surface area (Å²) in [6.45, 7) is 8.29. The number of hydrogen-bond donors (Lipinski definition) is 1. The van der Waals surface area contributed by atoms with Crippen LogP contribution in [0.5, 0.6) is 0 Å². The number of carbonyl (C=O) groups excluding carboxylic acids is 1. The second-order valence-electron chi connectivity index (χ2n) is 7.93. The zero-order chi connectivity index (χ0) is 21.1. The van der Waals surface area contributed by atoms with E-state index in [1.807, 2.05) is 19.1 Å². The van der Waals surface area contributed by atoms with E-state index in [9.17, 15) is 4.79 Å². The molecule has 1 amide bonds. The van der Waals surface area contributed by atoms with E-state index in [1.54, 1.807) is 11.3 Å². The Balaban J connectivity index is 1.41.